The van der Waals surface area contributed by atoms with Crippen LogP contribution in [0.5, 0.6) is 0 Å². The van der Waals surface area contributed by atoms with E-state index in [4.69, 9.17) is 0 Å². The number of hydrogen-bond acceptors (Lipinski definition) is 1. The number of aliphatic imine (C=N–C) groups is 1. The van der Waals surface area contributed by atoms with E-state index in [1.54, 1.807) is 7.05 Å². The Hall–Kier alpha value is -1.86. The van der Waals surface area contributed by atoms with Gasteiger partial charge < -0.3 is 10.6 Å². The highest BCUT2D eigenvalue weighted by atomic mass is 19.4. The van der Waals surface area contributed by atoms with Crippen LogP contribution in [0.1, 0.15) is 44.1 Å². The van der Waals surface area contributed by atoms with Crippen LogP contribution in [0.25, 0.3) is 0 Å². The molecule has 1 aliphatic carbocycles. The summed E-state index contributed by atoms with van der Waals surface area (Å²) in [5.74, 6) is -2.81. The van der Waals surface area contributed by atoms with Gasteiger partial charge in [0.15, 0.2) is 17.6 Å². The molecule has 0 saturated heterocycles. The number of nitrogens with zero attached hydrogens (tertiary/aromatic N) is 1. The van der Waals surface area contributed by atoms with Crippen LogP contribution in [-0.4, -0.2) is 31.8 Å². The molecule has 1 fully saturated rings. The Bertz CT molecular complexity index is 630. The minimum Gasteiger partial charge on any atom is -0.356 e. The molecule has 0 bridgehead atoms. The number of halogens is 5. The second-order valence-corrected chi connectivity index (χ2v) is 6.77. The van der Waals surface area contributed by atoms with Crippen molar-refractivity contribution in [1.82, 2.24) is 10.6 Å². The molecule has 3 unspecified atom stereocenters. The van der Waals surface area contributed by atoms with Crippen LogP contribution in [0.2, 0.25) is 0 Å². The summed E-state index contributed by atoms with van der Waals surface area (Å²) in [6.07, 6.45) is -2.79. The average molecular weight is 377 g/mol. The summed E-state index contributed by atoms with van der Waals surface area (Å²) in [5.41, 5.74) is 0.627. The Balaban J connectivity index is 1.88. The van der Waals surface area contributed by atoms with Gasteiger partial charge in [0.2, 0.25) is 0 Å². The van der Waals surface area contributed by atoms with Crippen LogP contribution < -0.4 is 10.6 Å². The highest BCUT2D eigenvalue weighted by Crippen LogP contribution is 2.37. The zero-order chi connectivity index (χ0) is 19.3. The molecule has 146 valence electrons. The zero-order valence-electron chi connectivity index (χ0n) is 14.8. The van der Waals surface area contributed by atoms with Gasteiger partial charge in [0.05, 0.1) is 5.92 Å². The van der Waals surface area contributed by atoms with Gasteiger partial charge in [-0.05, 0) is 42.9 Å². The Kier molecular flexibility index (Phi) is 6.83. The lowest BCUT2D eigenvalue weighted by Crippen LogP contribution is -2.47. The van der Waals surface area contributed by atoms with Crippen molar-refractivity contribution in [2.24, 2.45) is 10.9 Å². The normalized spacial score (nSPS) is 22.8. The molecule has 2 rings (SSSR count). The topological polar surface area (TPSA) is 36.4 Å². The van der Waals surface area contributed by atoms with E-state index in [2.05, 4.69) is 15.6 Å². The molecule has 1 aliphatic rings. The predicted molar refractivity (Wildman–Crippen MR) is 91.1 cm³/mol. The third kappa shape index (κ3) is 5.57. The van der Waals surface area contributed by atoms with Gasteiger partial charge in [0, 0.05) is 19.6 Å². The number of alkyl halides is 3. The van der Waals surface area contributed by atoms with Gasteiger partial charge in [0.1, 0.15) is 0 Å². The van der Waals surface area contributed by atoms with Crippen LogP contribution >= 0.6 is 0 Å². The maximum Gasteiger partial charge on any atom is 0.391 e. The first kappa shape index (κ1) is 20.5. The first-order valence-electron chi connectivity index (χ1n) is 8.69. The van der Waals surface area contributed by atoms with Crippen LogP contribution in [0.4, 0.5) is 22.0 Å². The van der Waals surface area contributed by atoms with Gasteiger partial charge in [-0.1, -0.05) is 19.4 Å². The van der Waals surface area contributed by atoms with Gasteiger partial charge in [-0.3, -0.25) is 4.99 Å². The first-order chi connectivity index (χ1) is 12.2. The molecule has 3 nitrogen and oxygen atoms in total. The number of guanidine groups is 1. The lowest BCUT2D eigenvalue weighted by atomic mass is 9.85. The van der Waals surface area contributed by atoms with Gasteiger partial charge in [-0.25, -0.2) is 8.78 Å². The minimum absolute atomic E-state index is 0.0307. The maximum absolute atomic E-state index is 13.3. The summed E-state index contributed by atoms with van der Waals surface area (Å²) in [5, 5.41) is 6.08. The zero-order valence-corrected chi connectivity index (χ0v) is 14.8. The highest BCUT2D eigenvalue weighted by Gasteiger charge is 2.42. The van der Waals surface area contributed by atoms with Crippen LogP contribution in [0.3, 0.4) is 0 Å². The molecule has 26 heavy (non-hydrogen) atoms. The van der Waals surface area contributed by atoms with Gasteiger partial charge in [-0.2, -0.15) is 13.2 Å². The summed E-state index contributed by atoms with van der Waals surface area (Å²) in [6, 6.07) is 3.44. The quantitative estimate of drug-likeness (QED) is 0.465. The second kappa shape index (κ2) is 8.68. The number of benzene rings is 1. The summed E-state index contributed by atoms with van der Waals surface area (Å²) in [7, 11) is 1.54. The molecule has 0 spiro atoms. The first-order valence-corrected chi connectivity index (χ1v) is 8.69. The van der Waals surface area contributed by atoms with Crippen LogP contribution in [0.15, 0.2) is 23.2 Å². The third-order valence-corrected chi connectivity index (χ3v) is 4.79. The fourth-order valence-corrected chi connectivity index (χ4v) is 3.19. The fraction of sp³-hybridized carbons (Fsp3) is 0.611. The van der Waals surface area contributed by atoms with Crippen molar-refractivity contribution in [3.05, 3.63) is 35.4 Å². The Morgan fingerprint density at radius 1 is 1.23 bits per heavy atom. The van der Waals surface area contributed by atoms with Crippen molar-refractivity contribution < 1.29 is 22.0 Å². The third-order valence-electron chi connectivity index (χ3n) is 4.79. The molecule has 0 aromatic heterocycles. The number of rotatable bonds is 4. The summed E-state index contributed by atoms with van der Waals surface area (Å²) in [6.45, 7) is 2.23. The molecule has 1 aromatic rings. The Morgan fingerprint density at radius 3 is 2.58 bits per heavy atom. The van der Waals surface area contributed by atoms with Crippen molar-refractivity contribution >= 4 is 5.96 Å². The lowest BCUT2D eigenvalue weighted by Gasteiger charge is -2.32. The van der Waals surface area contributed by atoms with E-state index in [1.807, 2.05) is 6.92 Å². The van der Waals surface area contributed by atoms with Crippen molar-refractivity contribution in [2.75, 3.05) is 13.6 Å². The van der Waals surface area contributed by atoms with E-state index in [9.17, 15) is 22.0 Å². The monoisotopic (exact) mass is 377 g/mol. The highest BCUT2D eigenvalue weighted by molar-refractivity contribution is 5.80. The van der Waals surface area contributed by atoms with E-state index in [1.165, 1.54) is 6.07 Å². The molecule has 2 N–H and O–H groups in total. The molecule has 3 atom stereocenters. The summed E-state index contributed by atoms with van der Waals surface area (Å²) >= 11 is 0. The summed E-state index contributed by atoms with van der Waals surface area (Å²) in [4.78, 5) is 4.05. The Morgan fingerprint density at radius 2 is 1.96 bits per heavy atom. The van der Waals surface area contributed by atoms with Crippen LogP contribution in [-0.2, 0) is 0 Å². The molecule has 8 heteroatoms. The van der Waals surface area contributed by atoms with Gasteiger partial charge in [-0.15, -0.1) is 0 Å². The largest absolute Gasteiger partial charge is 0.391 e. The molecule has 0 heterocycles. The lowest BCUT2D eigenvalue weighted by molar-refractivity contribution is -0.183. The molecular weight excluding hydrogens is 353 g/mol. The van der Waals surface area contributed by atoms with Crippen LogP contribution in [0, 0.1) is 17.6 Å². The van der Waals surface area contributed by atoms with Gasteiger partial charge >= 0.3 is 6.18 Å². The maximum atomic E-state index is 13.3. The second-order valence-electron chi connectivity index (χ2n) is 6.77. The van der Waals surface area contributed by atoms with E-state index in [0.717, 1.165) is 12.1 Å². The van der Waals surface area contributed by atoms with Crippen molar-refractivity contribution in [3.8, 4) is 0 Å². The van der Waals surface area contributed by atoms with Crippen molar-refractivity contribution in [2.45, 2.75) is 50.7 Å². The molecule has 1 aromatic carbocycles. The standard InChI is InChI=1S/C18H24F5N3/c1-11(12-6-7-15(19)16(20)8-12)10-25-17(24-2)26-14-5-3-4-13(9-14)18(21,22)23/h6-8,11,13-14H,3-5,9-10H2,1-2H3,(H2,24,25,26). The van der Waals surface area contributed by atoms with Gasteiger partial charge in [0.25, 0.3) is 0 Å². The Labute approximate surface area is 150 Å². The van der Waals surface area contributed by atoms with E-state index >= 15 is 0 Å². The minimum atomic E-state index is -4.17. The fourth-order valence-electron chi connectivity index (χ4n) is 3.19. The predicted octanol–water partition coefficient (Wildman–Crippen LogP) is 4.35. The molecule has 0 aliphatic heterocycles. The average Bonchev–Trinajstić information content (AvgIpc) is 2.60. The molecule has 0 amide bonds. The van der Waals surface area contributed by atoms with E-state index in [-0.39, 0.29) is 24.8 Å². The van der Waals surface area contributed by atoms with E-state index in [0.29, 0.717) is 30.9 Å². The van der Waals surface area contributed by atoms with Crippen molar-refractivity contribution in [3.63, 3.8) is 0 Å². The smallest absolute Gasteiger partial charge is 0.356 e. The molecule has 0 radical (unpaired) electrons. The molecular formula is C18H24F5N3. The summed E-state index contributed by atoms with van der Waals surface area (Å²) < 4.78 is 65.0. The number of hydrogen-bond donors (Lipinski definition) is 2. The van der Waals surface area contributed by atoms with E-state index < -0.39 is 23.7 Å². The molecule has 1 saturated carbocycles. The van der Waals surface area contributed by atoms with Crippen molar-refractivity contribution in [1.29, 1.82) is 0 Å². The SMILES string of the molecule is CN=C(NCC(C)c1ccc(F)c(F)c1)NC1CCCC(C(F)(F)F)C1. The number of nitrogens with one attached hydrogen (secondary N) is 2.